The molecular formula is C18H19NOS. The molecular weight excluding hydrogens is 278 g/mol. The molecule has 108 valence electrons. The Balaban J connectivity index is 1.67. The van der Waals surface area contributed by atoms with Crippen LogP contribution >= 0.6 is 12.6 Å². The first-order valence-corrected chi connectivity index (χ1v) is 7.82. The van der Waals surface area contributed by atoms with Crippen LogP contribution in [-0.4, -0.2) is 5.91 Å². The third-order valence-corrected chi connectivity index (χ3v) is 4.30. The third-order valence-electron chi connectivity index (χ3n) is 4.01. The maximum Gasteiger partial charge on any atom is 0.224 e. The summed E-state index contributed by atoms with van der Waals surface area (Å²) in [6.07, 6.45) is 3.70. The number of benzene rings is 2. The average molecular weight is 297 g/mol. The van der Waals surface area contributed by atoms with E-state index in [4.69, 9.17) is 0 Å². The van der Waals surface area contributed by atoms with Crippen LogP contribution in [0.2, 0.25) is 0 Å². The Hall–Kier alpha value is -1.74. The van der Waals surface area contributed by atoms with Crippen molar-refractivity contribution in [1.29, 1.82) is 0 Å². The first-order chi connectivity index (χ1) is 10.2. The van der Waals surface area contributed by atoms with Crippen molar-refractivity contribution in [2.24, 2.45) is 0 Å². The molecule has 0 aliphatic heterocycles. The highest BCUT2D eigenvalue weighted by molar-refractivity contribution is 7.80. The molecule has 0 spiro atoms. The minimum Gasteiger partial charge on any atom is -0.349 e. The Labute approximate surface area is 131 Å². The largest absolute Gasteiger partial charge is 0.349 e. The average Bonchev–Trinajstić information content (AvgIpc) is 2.50. The number of amides is 1. The van der Waals surface area contributed by atoms with E-state index in [0.717, 1.165) is 29.7 Å². The SMILES string of the molecule is O=C(Cc1ccc(S)cc1)NC1CCCc2ccccc21. The van der Waals surface area contributed by atoms with Crippen LogP contribution in [0.3, 0.4) is 0 Å². The fraction of sp³-hybridized carbons (Fsp3) is 0.278. The van der Waals surface area contributed by atoms with Crippen molar-refractivity contribution in [2.45, 2.75) is 36.6 Å². The highest BCUT2D eigenvalue weighted by Crippen LogP contribution is 2.29. The zero-order valence-corrected chi connectivity index (χ0v) is 12.8. The minimum atomic E-state index is 0.0867. The van der Waals surface area contributed by atoms with Crippen molar-refractivity contribution in [3.05, 3.63) is 65.2 Å². The smallest absolute Gasteiger partial charge is 0.224 e. The fourth-order valence-electron chi connectivity index (χ4n) is 2.95. The van der Waals surface area contributed by atoms with E-state index in [1.165, 1.54) is 11.1 Å². The van der Waals surface area contributed by atoms with Crippen molar-refractivity contribution in [2.75, 3.05) is 0 Å². The third kappa shape index (κ3) is 3.48. The van der Waals surface area contributed by atoms with Gasteiger partial charge in [-0.1, -0.05) is 36.4 Å². The van der Waals surface area contributed by atoms with Crippen molar-refractivity contribution in [1.82, 2.24) is 5.32 Å². The minimum absolute atomic E-state index is 0.0867. The van der Waals surface area contributed by atoms with E-state index in [1.807, 2.05) is 24.3 Å². The van der Waals surface area contributed by atoms with E-state index < -0.39 is 0 Å². The molecule has 21 heavy (non-hydrogen) atoms. The lowest BCUT2D eigenvalue weighted by molar-refractivity contribution is -0.121. The summed E-state index contributed by atoms with van der Waals surface area (Å²) in [5, 5.41) is 3.18. The lowest BCUT2D eigenvalue weighted by Gasteiger charge is -2.26. The molecule has 0 aromatic heterocycles. The number of thiol groups is 1. The summed E-state index contributed by atoms with van der Waals surface area (Å²) in [5.74, 6) is 0.0867. The number of aryl methyl sites for hydroxylation is 1. The van der Waals surface area contributed by atoms with Gasteiger partial charge in [0.15, 0.2) is 0 Å². The lowest BCUT2D eigenvalue weighted by Crippen LogP contribution is -2.32. The molecule has 1 aliphatic rings. The van der Waals surface area contributed by atoms with Crippen LogP contribution in [0.4, 0.5) is 0 Å². The fourth-order valence-corrected chi connectivity index (χ4v) is 3.10. The Morgan fingerprint density at radius 2 is 1.90 bits per heavy atom. The summed E-state index contributed by atoms with van der Waals surface area (Å²) in [5.41, 5.74) is 3.67. The number of fused-ring (bicyclic) bond motifs is 1. The van der Waals surface area contributed by atoms with Gasteiger partial charge in [0.05, 0.1) is 12.5 Å². The maximum atomic E-state index is 12.2. The van der Waals surface area contributed by atoms with Crippen LogP contribution in [0.1, 0.15) is 35.6 Å². The summed E-state index contributed by atoms with van der Waals surface area (Å²) in [7, 11) is 0. The number of rotatable bonds is 3. The van der Waals surface area contributed by atoms with Gasteiger partial charge in [-0.3, -0.25) is 4.79 Å². The molecule has 1 unspecified atom stereocenters. The lowest BCUT2D eigenvalue weighted by atomic mass is 9.87. The molecule has 0 bridgehead atoms. The van der Waals surface area contributed by atoms with E-state index in [9.17, 15) is 4.79 Å². The molecule has 0 saturated carbocycles. The summed E-state index contributed by atoms with van der Waals surface area (Å²) >= 11 is 4.26. The van der Waals surface area contributed by atoms with Gasteiger partial charge in [0, 0.05) is 4.90 Å². The molecule has 1 aliphatic carbocycles. The van der Waals surface area contributed by atoms with Gasteiger partial charge >= 0.3 is 0 Å². The van der Waals surface area contributed by atoms with Gasteiger partial charge in [-0.05, 0) is 48.1 Å². The molecule has 1 amide bonds. The van der Waals surface area contributed by atoms with Gasteiger partial charge in [0.1, 0.15) is 0 Å². The standard InChI is InChI=1S/C18H19NOS/c20-18(12-13-8-10-15(21)11-9-13)19-17-7-3-5-14-4-1-2-6-16(14)17/h1-2,4,6,8-11,17,21H,3,5,7,12H2,(H,19,20). The Morgan fingerprint density at radius 1 is 1.14 bits per heavy atom. The van der Waals surface area contributed by atoms with E-state index in [-0.39, 0.29) is 11.9 Å². The van der Waals surface area contributed by atoms with Crippen LogP contribution in [0.25, 0.3) is 0 Å². The number of nitrogens with one attached hydrogen (secondary N) is 1. The molecule has 0 radical (unpaired) electrons. The highest BCUT2D eigenvalue weighted by Gasteiger charge is 2.21. The van der Waals surface area contributed by atoms with Gasteiger partial charge in [-0.2, -0.15) is 0 Å². The molecule has 1 N–H and O–H groups in total. The van der Waals surface area contributed by atoms with Crippen LogP contribution in [0.5, 0.6) is 0 Å². The molecule has 2 aromatic rings. The number of carbonyl (C=O) groups excluding carboxylic acids is 1. The van der Waals surface area contributed by atoms with Crippen molar-refractivity contribution in [3.8, 4) is 0 Å². The molecule has 3 heteroatoms. The summed E-state index contributed by atoms with van der Waals surface area (Å²) in [6, 6.07) is 16.3. The highest BCUT2D eigenvalue weighted by atomic mass is 32.1. The van der Waals surface area contributed by atoms with Crippen molar-refractivity contribution < 1.29 is 4.79 Å². The number of hydrogen-bond acceptors (Lipinski definition) is 2. The predicted molar refractivity (Wildman–Crippen MR) is 87.7 cm³/mol. The second-order valence-electron chi connectivity index (χ2n) is 5.55. The van der Waals surface area contributed by atoms with Gasteiger partial charge in [-0.15, -0.1) is 12.6 Å². The molecule has 2 nitrogen and oxygen atoms in total. The van der Waals surface area contributed by atoms with E-state index in [0.29, 0.717) is 6.42 Å². The number of hydrogen-bond donors (Lipinski definition) is 2. The van der Waals surface area contributed by atoms with Crippen LogP contribution < -0.4 is 5.32 Å². The molecule has 2 aromatic carbocycles. The van der Waals surface area contributed by atoms with E-state index in [2.05, 4.69) is 42.2 Å². The normalized spacial score (nSPS) is 17.1. The van der Waals surface area contributed by atoms with Gasteiger partial charge in [0.2, 0.25) is 5.91 Å². The first-order valence-electron chi connectivity index (χ1n) is 7.37. The van der Waals surface area contributed by atoms with Gasteiger partial charge in [-0.25, -0.2) is 0 Å². The predicted octanol–water partition coefficient (Wildman–Crippen LogP) is 3.71. The second kappa shape index (κ2) is 6.35. The molecule has 0 saturated heterocycles. The summed E-state index contributed by atoms with van der Waals surface area (Å²) in [6.45, 7) is 0. The van der Waals surface area contributed by atoms with Crippen molar-refractivity contribution >= 4 is 18.5 Å². The zero-order chi connectivity index (χ0) is 14.7. The summed E-state index contributed by atoms with van der Waals surface area (Å²) in [4.78, 5) is 13.2. The van der Waals surface area contributed by atoms with Gasteiger partial charge in [0.25, 0.3) is 0 Å². The summed E-state index contributed by atoms with van der Waals surface area (Å²) < 4.78 is 0. The zero-order valence-electron chi connectivity index (χ0n) is 11.9. The second-order valence-corrected chi connectivity index (χ2v) is 6.07. The quantitative estimate of drug-likeness (QED) is 0.831. The molecule has 0 heterocycles. The molecule has 1 atom stereocenters. The Bertz CT molecular complexity index is 636. The van der Waals surface area contributed by atoms with E-state index in [1.54, 1.807) is 0 Å². The van der Waals surface area contributed by atoms with Crippen LogP contribution in [0, 0.1) is 0 Å². The molecule has 3 rings (SSSR count). The van der Waals surface area contributed by atoms with Crippen LogP contribution in [0.15, 0.2) is 53.4 Å². The number of carbonyl (C=O) groups is 1. The molecule has 0 fully saturated rings. The van der Waals surface area contributed by atoms with Crippen LogP contribution in [-0.2, 0) is 17.6 Å². The first kappa shape index (κ1) is 14.2. The Morgan fingerprint density at radius 3 is 2.71 bits per heavy atom. The monoisotopic (exact) mass is 297 g/mol. The van der Waals surface area contributed by atoms with Gasteiger partial charge < -0.3 is 5.32 Å². The Kier molecular flexibility index (Phi) is 4.30. The topological polar surface area (TPSA) is 29.1 Å². The maximum absolute atomic E-state index is 12.2. The van der Waals surface area contributed by atoms with E-state index >= 15 is 0 Å². The van der Waals surface area contributed by atoms with Crippen molar-refractivity contribution in [3.63, 3.8) is 0 Å².